The number of hydrogen-bond donors (Lipinski definition) is 0. The number of fused-ring (bicyclic) bond motifs is 9. The predicted octanol–water partition coefficient (Wildman–Crippen LogP) is 14.0. The summed E-state index contributed by atoms with van der Waals surface area (Å²) in [4.78, 5) is 0. The minimum atomic E-state index is -2.77. The Morgan fingerprint density at radius 2 is 0.571 bits per heavy atom. The van der Waals surface area contributed by atoms with Gasteiger partial charge in [0.25, 0.3) is 0 Å². The number of aromatic nitrogens is 3. The van der Waals surface area contributed by atoms with E-state index in [1.54, 1.807) is 0 Å². The Bertz CT molecular complexity index is 4130. The Kier molecular flexibility index (Phi) is 9.23. The van der Waals surface area contributed by atoms with Crippen LogP contribution in [-0.2, 0) is 0 Å². The highest BCUT2D eigenvalue weighted by Crippen LogP contribution is 2.40. The predicted molar refractivity (Wildman–Crippen MR) is 299 cm³/mol. The smallest absolute Gasteiger partial charge is 0.179 e. The molecule has 0 aliphatic carbocycles. The van der Waals surface area contributed by atoms with Crippen molar-refractivity contribution < 1.29 is 0 Å². The van der Waals surface area contributed by atoms with Crippen LogP contribution in [0, 0.1) is 0 Å². The van der Waals surface area contributed by atoms with Crippen LogP contribution in [0.4, 0.5) is 0 Å². The minimum Gasteiger partial charge on any atom is -0.309 e. The van der Waals surface area contributed by atoms with Gasteiger partial charge in [-0.3, -0.25) is 0 Å². The maximum Gasteiger partial charge on any atom is 0.179 e. The van der Waals surface area contributed by atoms with Crippen molar-refractivity contribution in [3.63, 3.8) is 0 Å². The summed E-state index contributed by atoms with van der Waals surface area (Å²) in [5.74, 6) is 0. The minimum absolute atomic E-state index is 1.11. The Balaban J connectivity index is 1.02. The van der Waals surface area contributed by atoms with Gasteiger partial charge in [-0.1, -0.05) is 212 Å². The Morgan fingerprint density at radius 3 is 1.06 bits per heavy atom. The van der Waals surface area contributed by atoms with Crippen LogP contribution < -0.4 is 20.7 Å². The molecule has 0 spiro atoms. The van der Waals surface area contributed by atoms with Gasteiger partial charge in [-0.25, -0.2) is 0 Å². The van der Waals surface area contributed by atoms with Crippen LogP contribution >= 0.6 is 0 Å². The third-order valence-electron chi connectivity index (χ3n) is 14.7. The van der Waals surface area contributed by atoms with Gasteiger partial charge in [-0.05, 0) is 92.5 Å². The van der Waals surface area contributed by atoms with Gasteiger partial charge < -0.3 is 13.7 Å². The molecule has 0 aliphatic heterocycles. The van der Waals surface area contributed by atoms with E-state index in [1.165, 1.54) is 86.2 Å². The monoisotopic (exact) mass is 907 g/mol. The van der Waals surface area contributed by atoms with Crippen LogP contribution in [0.15, 0.2) is 273 Å². The summed E-state index contributed by atoms with van der Waals surface area (Å²) in [6.07, 6.45) is 0. The largest absolute Gasteiger partial charge is 0.309 e. The number of para-hydroxylation sites is 4. The normalized spacial score (nSPS) is 12.0. The van der Waals surface area contributed by atoms with Crippen LogP contribution in [0.1, 0.15) is 0 Å². The SMILES string of the molecule is c1ccc(-c2cc(-n3c4ccccc4c4ccccc43)cc(-n3c4ccccc4c4ccc(-n5c6ccccc6c6cc([Si](c7ccccc7)(c7ccccc7)c7ccccc7)ccc65)cc43)c2)cc1. The van der Waals surface area contributed by atoms with Crippen molar-refractivity contribution in [3.8, 4) is 28.2 Å². The fraction of sp³-hybridized carbons (Fsp3) is 0. The van der Waals surface area contributed by atoms with Crippen molar-refractivity contribution in [1.82, 2.24) is 13.7 Å². The molecule has 0 amide bonds. The zero-order chi connectivity index (χ0) is 46.2. The Labute approximate surface area is 407 Å². The van der Waals surface area contributed by atoms with Gasteiger partial charge in [0.1, 0.15) is 0 Å². The summed E-state index contributed by atoms with van der Waals surface area (Å²) >= 11 is 0. The lowest BCUT2D eigenvalue weighted by molar-refractivity contribution is 1.13. The Morgan fingerprint density at radius 1 is 0.200 bits per heavy atom. The summed E-state index contributed by atoms with van der Waals surface area (Å²) in [5.41, 5.74) is 12.8. The van der Waals surface area contributed by atoms with Gasteiger partial charge in [0.2, 0.25) is 0 Å². The molecule has 3 aromatic heterocycles. The van der Waals surface area contributed by atoms with Crippen LogP contribution in [-0.4, -0.2) is 21.8 Å². The van der Waals surface area contributed by atoms with E-state index < -0.39 is 8.07 Å². The summed E-state index contributed by atoms with van der Waals surface area (Å²) in [7, 11) is -2.77. The van der Waals surface area contributed by atoms with E-state index in [0.29, 0.717) is 0 Å². The molecule has 0 radical (unpaired) electrons. The molecule has 0 bridgehead atoms. The molecule has 11 aromatic carbocycles. The van der Waals surface area contributed by atoms with Crippen molar-refractivity contribution in [3.05, 3.63) is 273 Å². The van der Waals surface area contributed by atoms with Crippen LogP contribution in [0.5, 0.6) is 0 Å². The highest BCUT2D eigenvalue weighted by molar-refractivity contribution is 7.20. The summed E-state index contributed by atoms with van der Waals surface area (Å²) < 4.78 is 7.41. The lowest BCUT2D eigenvalue weighted by Crippen LogP contribution is -2.74. The maximum absolute atomic E-state index is 2.77. The van der Waals surface area contributed by atoms with E-state index >= 15 is 0 Å². The molecule has 14 aromatic rings. The summed E-state index contributed by atoms with van der Waals surface area (Å²) in [5, 5.41) is 12.9. The highest BCUT2D eigenvalue weighted by atomic mass is 28.3. The number of rotatable bonds is 8. The fourth-order valence-electron chi connectivity index (χ4n) is 11.8. The molecule has 0 fully saturated rings. The first-order valence-electron chi connectivity index (χ1n) is 24.2. The Hall–Kier alpha value is -8.96. The second-order valence-corrected chi connectivity index (χ2v) is 22.3. The average molecular weight is 908 g/mol. The van der Waals surface area contributed by atoms with E-state index in [1.807, 2.05) is 0 Å². The first-order chi connectivity index (χ1) is 34.7. The first kappa shape index (κ1) is 40.1. The molecule has 0 atom stereocenters. The molecular weight excluding hydrogens is 863 g/mol. The number of hydrogen-bond acceptors (Lipinski definition) is 0. The van der Waals surface area contributed by atoms with Gasteiger partial charge in [0, 0.05) is 49.4 Å². The molecule has 328 valence electrons. The molecule has 4 heteroatoms. The van der Waals surface area contributed by atoms with Crippen molar-refractivity contribution in [1.29, 1.82) is 0 Å². The van der Waals surface area contributed by atoms with Gasteiger partial charge >= 0.3 is 0 Å². The van der Waals surface area contributed by atoms with Gasteiger partial charge in [-0.2, -0.15) is 0 Å². The van der Waals surface area contributed by atoms with Gasteiger partial charge in [0.15, 0.2) is 8.07 Å². The van der Waals surface area contributed by atoms with Crippen molar-refractivity contribution in [2.75, 3.05) is 0 Å². The van der Waals surface area contributed by atoms with Crippen LogP contribution in [0.2, 0.25) is 0 Å². The second-order valence-electron chi connectivity index (χ2n) is 18.5. The van der Waals surface area contributed by atoms with E-state index in [4.69, 9.17) is 0 Å². The van der Waals surface area contributed by atoms with Crippen LogP contribution in [0.3, 0.4) is 0 Å². The van der Waals surface area contributed by atoms with Gasteiger partial charge in [-0.15, -0.1) is 0 Å². The lowest BCUT2D eigenvalue weighted by atomic mass is 10.0. The fourth-order valence-corrected chi connectivity index (χ4v) is 16.5. The third kappa shape index (κ3) is 6.07. The van der Waals surface area contributed by atoms with E-state index in [0.717, 1.165) is 28.1 Å². The zero-order valence-corrected chi connectivity index (χ0v) is 39.3. The molecular formula is C66H45N3Si. The molecule has 0 unspecified atom stereocenters. The van der Waals surface area contributed by atoms with E-state index in [9.17, 15) is 0 Å². The lowest BCUT2D eigenvalue weighted by Gasteiger charge is -2.34. The topological polar surface area (TPSA) is 14.8 Å². The zero-order valence-electron chi connectivity index (χ0n) is 38.3. The highest BCUT2D eigenvalue weighted by Gasteiger charge is 2.41. The molecule has 0 N–H and O–H groups in total. The van der Waals surface area contributed by atoms with Gasteiger partial charge in [0.05, 0.1) is 33.1 Å². The summed E-state index contributed by atoms with van der Waals surface area (Å²) in [6.45, 7) is 0. The molecule has 0 saturated carbocycles. The molecule has 70 heavy (non-hydrogen) atoms. The quantitative estimate of drug-likeness (QED) is 0.107. The van der Waals surface area contributed by atoms with Crippen molar-refractivity contribution in [2.45, 2.75) is 0 Å². The van der Waals surface area contributed by atoms with E-state index in [-0.39, 0.29) is 0 Å². The number of benzene rings is 11. The molecule has 3 nitrogen and oxygen atoms in total. The first-order valence-corrected chi connectivity index (χ1v) is 26.2. The summed E-state index contributed by atoms with van der Waals surface area (Å²) in [6, 6.07) is 101. The maximum atomic E-state index is 2.52. The van der Waals surface area contributed by atoms with Crippen molar-refractivity contribution >= 4 is 94.2 Å². The molecule has 14 rings (SSSR count). The van der Waals surface area contributed by atoms with Crippen LogP contribution in [0.25, 0.3) is 93.6 Å². The number of nitrogens with zero attached hydrogens (tertiary/aromatic N) is 3. The molecule has 0 aliphatic rings. The molecule has 3 heterocycles. The molecule has 0 saturated heterocycles. The average Bonchev–Trinajstić information content (AvgIpc) is 4.08. The second kappa shape index (κ2) is 16.1. The standard InChI is InChI=1S/C66H45N3Si/c1-5-21-46(22-6-1)47-41-49(68-61-33-17-13-29-55(61)56-30-14-18-34-62(56)68)43-50(42-47)69-63-35-19-15-31-57(63)59-39-37-48(44-66(59)69)67-64-36-20-16-32-58(64)60-45-54(38-40-65(60)67)70(51-23-7-2-8-24-51,52-25-9-3-10-26-52)53-27-11-4-12-28-53/h1-45H. The third-order valence-corrected chi connectivity index (χ3v) is 19.5. The van der Waals surface area contributed by atoms with Crippen molar-refractivity contribution in [2.24, 2.45) is 0 Å². The van der Waals surface area contributed by atoms with E-state index in [2.05, 4.69) is 287 Å².